The molecule has 0 unspecified atom stereocenters. The second kappa shape index (κ2) is 4.66. The molecule has 4 heteroatoms. The lowest BCUT2D eigenvalue weighted by atomic mass is 9.86. The Hall–Kier alpha value is -1.03. The Kier molecular flexibility index (Phi) is 3.74. The van der Waals surface area contributed by atoms with Crippen LogP contribution in [0.2, 0.25) is 0 Å². The smallest absolute Gasteiger partial charge is 0.407 e. The highest BCUT2D eigenvalue weighted by Gasteiger charge is 2.26. The topological polar surface area (TPSA) is 58.6 Å². The fraction of sp³-hybridized carbons (Fsp3) is 0.727. The van der Waals surface area contributed by atoms with Crippen molar-refractivity contribution in [1.29, 1.82) is 0 Å². The number of alkyl carbamates (subject to hydrolysis) is 1. The highest BCUT2D eigenvalue weighted by atomic mass is 16.6. The van der Waals surface area contributed by atoms with Crippen molar-refractivity contribution in [3.63, 3.8) is 0 Å². The monoisotopic (exact) mass is 213 g/mol. The molecule has 1 rings (SSSR count). The van der Waals surface area contributed by atoms with Gasteiger partial charge in [-0.1, -0.05) is 11.6 Å². The Morgan fingerprint density at radius 2 is 2.20 bits per heavy atom. The third-order valence-corrected chi connectivity index (χ3v) is 2.12. The van der Waals surface area contributed by atoms with E-state index in [1.165, 1.54) is 5.57 Å². The lowest BCUT2D eigenvalue weighted by Gasteiger charge is -2.31. The summed E-state index contributed by atoms with van der Waals surface area (Å²) in [6.07, 6.45) is 3.06. The van der Waals surface area contributed by atoms with Crippen LogP contribution in [-0.2, 0) is 4.74 Å². The predicted octanol–water partition coefficient (Wildman–Crippen LogP) is 1.59. The second-order valence-electron chi connectivity index (χ2n) is 4.80. The van der Waals surface area contributed by atoms with Crippen LogP contribution in [-0.4, -0.2) is 29.4 Å². The Balaban J connectivity index is 2.22. The van der Waals surface area contributed by atoms with E-state index in [1.54, 1.807) is 6.08 Å². The van der Waals surface area contributed by atoms with Crippen molar-refractivity contribution in [2.45, 2.75) is 45.3 Å². The standard InChI is InChI=1S/C11H19NO3/c1-11(2,3)15-10(14)12-9-6-8(7-9)4-5-13/h4,9,13H,5-7H2,1-3H3,(H,12,14). The van der Waals surface area contributed by atoms with Crippen molar-refractivity contribution in [3.05, 3.63) is 11.6 Å². The number of rotatable bonds is 2. The fourth-order valence-corrected chi connectivity index (χ4v) is 1.45. The lowest BCUT2D eigenvalue weighted by molar-refractivity contribution is 0.0493. The van der Waals surface area contributed by atoms with Crippen LogP contribution in [0.1, 0.15) is 33.6 Å². The summed E-state index contributed by atoms with van der Waals surface area (Å²) in [7, 11) is 0. The second-order valence-corrected chi connectivity index (χ2v) is 4.80. The van der Waals surface area contributed by atoms with E-state index in [4.69, 9.17) is 9.84 Å². The van der Waals surface area contributed by atoms with Gasteiger partial charge in [0.1, 0.15) is 5.60 Å². The number of hydrogen-bond donors (Lipinski definition) is 2. The highest BCUT2D eigenvalue weighted by molar-refractivity contribution is 5.68. The van der Waals surface area contributed by atoms with E-state index in [9.17, 15) is 4.79 Å². The Morgan fingerprint density at radius 1 is 1.60 bits per heavy atom. The minimum atomic E-state index is -0.447. The number of carbonyl (C=O) groups is 1. The number of nitrogens with one attached hydrogen (secondary N) is 1. The third kappa shape index (κ3) is 4.34. The van der Waals surface area contributed by atoms with Gasteiger partial charge in [-0.05, 0) is 33.6 Å². The number of hydrogen-bond acceptors (Lipinski definition) is 3. The zero-order chi connectivity index (χ0) is 11.5. The molecule has 1 fully saturated rings. The van der Waals surface area contributed by atoms with Crippen LogP contribution in [0.3, 0.4) is 0 Å². The maximum Gasteiger partial charge on any atom is 0.407 e. The van der Waals surface area contributed by atoms with E-state index in [0.717, 1.165) is 12.8 Å². The first kappa shape index (κ1) is 12.0. The molecule has 15 heavy (non-hydrogen) atoms. The predicted molar refractivity (Wildman–Crippen MR) is 57.6 cm³/mol. The van der Waals surface area contributed by atoms with Crippen molar-refractivity contribution in [1.82, 2.24) is 5.32 Å². The Bertz CT molecular complexity index is 257. The van der Waals surface area contributed by atoms with Crippen molar-refractivity contribution < 1.29 is 14.6 Å². The quantitative estimate of drug-likeness (QED) is 0.685. The van der Waals surface area contributed by atoms with Gasteiger partial charge < -0.3 is 15.2 Å². The molecule has 1 aliphatic carbocycles. The van der Waals surface area contributed by atoms with E-state index in [0.29, 0.717) is 0 Å². The van der Waals surface area contributed by atoms with Crippen LogP contribution in [0, 0.1) is 0 Å². The Morgan fingerprint density at radius 3 is 2.67 bits per heavy atom. The zero-order valence-electron chi connectivity index (χ0n) is 9.54. The minimum Gasteiger partial charge on any atom is -0.444 e. The number of ether oxygens (including phenoxy) is 1. The number of aliphatic hydroxyl groups excluding tert-OH is 1. The van der Waals surface area contributed by atoms with E-state index < -0.39 is 5.60 Å². The van der Waals surface area contributed by atoms with Gasteiger partial charge in [0, 0.05) is 6.04 Å². The van der Waals surface area contributed by atoms with Gasteiger partial charge in [-0.2, -0.15) is 0 Å². The highest BCUT2D eigenvalue weighted by Crippen LogP contribution is 2.26. The largest absolute Gasteiger partial charge is 0.444 e. The first-order valence-corrected chi connectivity index (χ1v) is 5.19. The molecule has 4 nitrogen and oxygen atoms in total. The van der Waals surface area contributed by atoms with Gasteiger partial charge in [-0.3, -0.25) is 0 Å². The molecule has 1 aliphatic rings. The molecule has 0 atom stereocenters. The van der Waals surface area contributed by atoms with Gasteiger partial charge >= 0.3 is 6.09 Å². The molecule has 0 aromatic heterocycles. The molecular weight excluding hydrogens is 194 g/mol. The van der Waals surface area contributed by atoms with Gasteiger partial charge in [-0.25, -0.2) is 4.79 Å². The lowest BCUT2D eigenvalue weighted by Crippen LogP contribution is -2.43. The van der Waals surface area contributed by atoms with E-state index >= 15 is 0 Å². The Labute approximate surface area is 90.3 Å². The summed E-state index contributed by atoms with van der Waals surface area (Å²) < 4.78 is 5.12. The molecule has 1 saturated carbocycles. The number of amides is 1. The number of carbonyl (C=O) groups excluding carboxylic acids is 1. The van der Waals surface area contributed by atoms with Gasteiger partial charge in [0.25, 0.3) is 0 Å². The summed E-state index contributed by atoms with van der Waals surface area (Å²) in [4.78, 5) is 11.3. The summed E-state index contributed by atoms with van der Waals surface area (Å²) in [6, 6.07) is 0.164. The zero-order valence-corrected chi connectivity index (χ0v) is 9.54. The fourth-order valence-electron chi connectivity index (χ4n) is 1.45. The maximum absolute atomic E-state index is 11.3. The maximum atomic E-state index is 11.3. The summed E-state index contributed by atoms with van der Waals surface area (Å²) in [5.41, 5.74) is 0.746. The van der Waals surface area contributed by atoms with Crippen LogP contribution in [0.25, 0.3) is 0 Å². The number of aliphatic hydroxyl groups is 1. The van der Waals surface area contributed by atoms with Crippen LogP contribution >= 0.6 is 0 Å². The van der Waals surface area contributed by atoms with Crippen LogP contribution < -0.4 is 5.32 Å². The summed E-state index contributed by atoms with van der Waals surface area (Å²) in [5.74, 6) is 0. The molecule has 0 heterocycles. The summed E-state index contributed by atoms with van der Waals surface area (Å²) >= 11 is 0. The van der Waals surface area contributed by atoms with Crippen molar-refractivity contribution in [2.24, 2.45) is 0 Å². The minimum absolute atomic E-state index is 0.0779. The molecule has 0 spiro atoms. The van der Waals surface area contributed by atoms with Crippen LogP contribution in [0.4, 0.5) is 4.79 Å². The molecule has 0 saturated heterocycles. The van der Waals surface area contributed by atoms with E-state index in [-0.39, 0.29) is 18.7 Å². The molecule has 0 aromatic rings. The molecule has 1 amide bonds. The van der Waals surface area contributed by atoms with Gasteiger partial charge in [0.15, 0.2) is 0 Å². The molecular formula is C11H19NO3. The van der Waals surface area contributed by atoms with Gasteiger partial charge in [0.05, 0.1) is 6.61 Å². The van der Waals surface area contributed by atoms with Crippen LogP contribution in [0.5, 0.6) is 0 Å². The summed E-state index contributed by atoms with van der Waals surface area (Å²) in [6.45, 7) is 5.59. The molecule has 0 radical (unpaired) electrons. The molecule has 86 valence electrons. The third-order valence-electron chi connectivity index (χ3n) is 2.12. The van der Waals surface area contributed by atoms with Gasteiger partial charge in [-0.15, -0.1) is 0 Å². The average molecular weight is 213 g/mol. The average Bonchev–Trinajstić information content (AvgIpc) is 1.97. The molecule has 0 bridgehead atoms. The van der Waals surface area contributed by atoms with Crippen LogP contribution in [0.15, 0.2) is 11.6 Å². The first-order chi connectivity index (χ1) is 6.90. The first-order valence-electron chi connectivity index (χ1n) is 5.19. The van der Waals surface area contributed by atoms with E-state index in [2.05, 4.69) is 5.32 Å². The molecule has 0 aromatic carbocycles. The molecule has 2 N–H and O–H groups in total. The SMILES string of the molecule is CC(C)(C)OC(=O)NC1CC(=CCO)C1. The van der Waals surface area contributed by atoms with Gasteiger partial charge in [0.2, 0.25) is 0 Å². The van der Waals surface area contributed by atoms with E-state index in [1.807, 2.05) is 20.8 Å². The molecule has 0 aliphatic heterocycles. The van der Waals surface area contributed by atoms with Crippen molar-refractivity contribution in [2.75, 3.05) is 6.61 Å². The van der Waals surface area contributed by atoms with Crippen molar-refractivity contribution in [3.8, 4) is 0 Å². The normalized spacial score (nSPS) is 20.5. The van der Waals surface area contributed by atoms with Crippen molar-refractivity contribution >= 4 is 6.09 Å². The summed E-state index contributed by atoms with van der Waals surface area (Å²) in [5, 5.41) is 11.4.